The molecule has 0 radical (unpaired) electrons. The van der Waals surface area contributed by atoms with Crippen LogP contribution in [0.3, 0.4) is 0 Å². The van der Waals surface area contributed by atoms with Gasteiger partial charge in [-0.25, -0.2) is 0 Å². The van der Waals surface area contributed by atoms with E-state index in [-0.39, 0.29) is 18.4 Å². The lowest BCUT2D eigenvalue weighted by atomic mass is 9.79. The maximum absolute atomic E-state index is 12.4. The van der Waals surface area contributed by atoms with Crippen molar-refractivity contribution in [1.29, 1.82) is 0 Å². The largest absolute Gasteiger partial charge is 0.497 e. The topological polar surface area (TPSA) is 61.8 Å². The van der Waals surface area contributed by atoms with Gasteiger partial charge in [0.25, 0.3) is 0 Å². The van der Waals surface area contributed by atoms with Crippen molar-refractivity contribution in [3.63, 3.8) is 0 Å². The van der Waals surface area contributed by atoms with Gasteiger partial charge in [-0.3, -0.25) is 9.59 Å². The van der Waals surface area contributed by atoms with Crippen molar-refractivity contribution in [2.75, 3.05) is 20.3 Å². The van der Waals surface area contributed by atoms with Gasteiger partial charge in [0, 0.05) is 0 Å². The van der Waals surface area contributed by atoms with E-state index in [1.807, 2.05) is 24.3 Å². The molecular weight excluding hydrogens is 308 g/mol. The summed E-state index contributed by atoms with van der Waals surface area (Å²) in [5, 5.41) is 0. The second-order valence-corrected chi connectivity index (χ2v) is 5.70. The number of benzene rings is 1. The molecule has 0 atom stereocenters. The first-order valence-corrected chi connectivity index (χ1v) is 8.04. The maximum Gasteiger partial charge on any atom is 0.315 e. The Bertz CT molecular complexity index is 584. The molecule has 0 aromatic heterocycles. The molecule has 0 amide bonds. The molecule has 0 aliphatic heterocycles. The molecule has 24 heavy (non-hydrogen) atoms. The molecule has 5 nitrogen and oxygen atoms in total. The average Bonchev–Trinajstić information content (AvgIpc) is 2.56. The molecule has 0 fully saturated rings. The van der Waals surface area contributed by atoms with Crippen LogP contribution in [0.2, 0.25) is 0 Å². The number of ether oxygens (including phenoxy) is 3. The van der Waals surface area contributed by atoms with Crippen LogP contribution in [0.25, 0.3) is 5.57 Å². The minimum absolute atomic E-state index is 0.0953. The van der Waals surface area contributed by atoms with Crippen LogP contribution in [0.1, 0.15) is 39.7 Å². The first kappa shape index (κ1) is 19.7. The van der Waals surface area contributed by atoms with Gasteiger partial charge in [-0.05, 0) is 51.0 Å². The molecule has 0 unspecified atom stereocenters. The Hall–Kier alpha value is -2.30. The van der Waals surface area contributed by atoms with Crippen molar-refractivity contribution < 1.29 is 23.8 Å². The van der Waals surface area contributed by atoms with Crippen LogP contribution < -0.4 is 4.74 Å². The Labute approximate surface area is 143 Å². The zero-order valence-corrected chi connectivity index (χ0v) is 15.0. The molecule has 5 heteroatoms. The van der Waals surface area contributed by atoms with Crippen molar-refractivity contribution in [3.8, 4) is 5.75 Å². The minimum atomic E-state index is -0.892. The lowest BCUT2D eigenvalue weighted by Gasteiger charge is -2.26. The SMILES string of the molecule is CCOC(=O)CC=C(c1ccc(OC)cc1)C(C)(C)C(=O)OCC. The van der Waals surface area contributed by atoms with E-state index in [9.17, 15) is 9.59 Å². The van der Waals surface area contributed by atoms with Gasteiger partial charge in [0.05, 0.1) is 32.2 Å². The van der Waals surface area contributed by atoms with Crippen molar-refractivity contribution >= 4 is 17.5 Å². The zero-order valence-electron chi connectivity index (χ0n) is 15.0. The quantitative estimate of drug-likeness (QED) is 0.680. The molecule has 1 aromatic carbocycles. The number of hydrogen-bond donors (Lipinski definition) is 0. The summed E-state index contributed by atoms with van der Waals surface area (Å²) in [4.78, 5) is 24.1. The fourth-order valence-electron chi connectivity index (χ4n) is 2.33. The molecule has 1 aromatic rings. The van der Waals surface area contributed by atoms with Crippen molar-refractivity contribution in [1.82, 2.24) is 0 Å². The predicted octanol–water partition coefficient (Wildman–Crippen LogP) is 3.62. The Kier molecular flexibility index (Phi) is 7.49. The van der Waals surface area contributed by atoms with Crippen LogP contribution in [-0.4, -0.2) is 32.3 Å². The summed E-state index contributed by atoms with van der Waals surface area (Å²) in [5.41, 5.74) is 0.659. The number of carbonyl (C=O) groups excluding carboxylic acids is 2. The highest BCUT2D eigenvalue weighted by Gasteiger charge is 2.34. The summed E-state index contributed by atoms with van der Waals surface area (Å²) in [7, 11) is 1.59. The Morgan fingerprint density at radius 3 is 2.12 bits per heavy atom. The van der Waals surface area contributed by atoms with E-state index in [1.54, 1.807) is 40.9 Å². The number of esters is 2. The summed E-state index contributed by atoms with van der Waals surface area (Å²) in [6, 6.07) is 7.34. The van der Waals surface area contributed by atoms with Gasteiger partial charge in [-0.2, -0.15) is 0 Å². The lowest BCUT2D eigenvalue weighted by molar-refractivity contribution is -0.150. The predicted molar refractivity (Wildman–Crippen MR) is 92.6 cm³/mol. The highest BCUT2D eigenvalue weighted by Crippen LogP contribution is 2.37. The van der Waals surface area contributed by atoms with Crippen molar-refractivity contribution in [2.24, 2.45) is 5.41 Å². The number of carbonyl (C=O) groups is 2. The highest BCUT2D eigenvalue weighted by atomic mass is 16.5. The molecule has 0 aliphatic rings. The van der Waals surface area contributed by atoms with E-state index in [0.717, 1.165) is 16.9 Å². The van der Waals surface area contributed by atoms with Crippen LogP contribution in [-0.2, 0) is 19.1 Å². The Morgan fingerprint density at radius 2 is 1.62 bits per heavy atom. The molecular formula is C19H26O5. The summed E-state index contributed by atoms with van der Waals surface area (Å²) >= 11 is 0. The Balaban J connectivity index is 3.21. The molecule has 0 N–H and O–H groups in total. The van der Waals surface area contributed by atoms with Crippen LogP contribution >= 0.6 is 0 Å². The third-order valence-electron chi connectivity index (χ3n) is 3.64. The number of rotatable bonds is 8. The lowest BCUT2D eigenvalue weighted by Crippen LogP contribution is -2.28. The summed E-state index contributed by atoms with van der Waals surface area (Å²) in [6.07, 6.45) is 1.83. The summed E-state index contributed by atoms with van der Waals surface area (Å²) < 4.78 is 15.3. The number of hydrogen-bond acceptors (Lipinski definition) is 5. The molecule has 0 saturated heterocycles. The van der Waals surface area contributed by atoms with E-state index in [1.165, 1.54) is 0 Å². The fraction of sp³-hybridized carbons (Fsp3) is 0.474. The van der Waals surface area contributed by atoms with Crippen molar-refractivity contribution in [3.05, 3.63) is 35.9 Å². The van der Waals surface area contributed by atoms with Crippen LogP contribution in [0.15, 0.2) is 30.3 Å². The fourth-order valence-corrected chi connectivity index (χ4v) is 2.33. The third-order valence-corrected chi connectivity index (χ3v) is 3.64. The number of methoxy groups -OCH3 is 1. The summed E-state index contributed by atoms with van der Waals surface area (Å²) in [5.74, 6) is 0.0523. The van der Waals surface area contributed by atoms with E-state index < -0.39 is 5.41 Å². The van der Waals surface area contributed by atoms with Gasteiger partial charge in [-0.1, -0.05) is 18.2 Å². The molecule has 0 bridgehead atoms. The highest BCUT2D eigenvalue weighted by molar-refractivity contribution is 5.93. The van der Waals surface area contributed by atoms with Crippen LogP contribution in [0.5, 0.6) is 5.75 Å². The molecule has 0 aliphatic carbocycles. The average molecular weight is 334 g/mol. The molecule has 1 rings (SSSR count). The third kappa shape index (κ3) is 5.11. The van der Waals surface area contributed by atoms with E-state index in [4.69, 9.17) is 14.2 Å². The van der Waals surface area contributed by atoms with Crippen molar-refractivity contribution in [2.45, 2.75) is 34.1 Å². The van der Waals surface area contributed by atoms with Gasteiger partial charge < -0.3 is 14.2 Å². The van der Waals surface area contributed by atoms with Gasteiger partial charge in [-0.15, -0.1) is 0 Å². The molecule has 0 saturated carbocycles. The van der Waals surface area contributed by atoms with Crippen LogP contribution in [0.4, 0.5) is 0 Å². The Morgan fingerprint density at radius 1 is 1.04 bits per heavy atom. The van der Waals surface area contributed by atoms with E-state index in [0.29, 0.717) is 13.2 Å². The van der Waals surface area contributed by atoms with Gasteiger partial charge in [0.2, 0.25) is 0 Å². The zero-order chi connectivity index (χ0) is 18.2. The maximum atomic E-state index is 12.4. The smallest absolute Gasteiger partial charge is 0.315 e. The minimum Gasteiger partial charge on any atom is -0.497 e. The van der Waals surface area contributed by atoms with Gasteiger partial charge in [0.15, 0.2) is 0 Å². The normalized spacial score (nSPS) is 11.8. The van der Waals surface area contributed by atoms with E-state index >= 15 is 0 Å². The first-order valence-electron chi connectivity index (χ1n) is 8.04. The molecule has 0 heterocycles. The summed E-state index contributed by atoms with van der Waals surface area (Å²) in [6.45, 7) is 7.72. The monoisotopic (exact) mass is 334 g/mol. The van der Waals surface area contributed by atoms with Gasteiger partial charge >= 0.3 is 11.9 Å². The van der Waals surface area contributed by atoms with E-state index in [2.05, 4.69) is 0 Å². The molecule has 0 spiro atoms. The standard InChI is InChI=1S/C19H26O5/c1-6-23-17(20)13-12-16(19(3,4)18(21)24-7-2)14-8-10-15(22-5)11-9-14/h8-12H,6-7,13H2,1-5H3. The van der Waals surface area contributed by atoms with Crippen LogP contribution in [0, 0.1) is 5.41 Å². The second kappa shape index (κ2) is 9.11. The second-order valence-electron chi connectivity index (χ2n) is 5.70. The van der Waals surface area contributed by atoms with Gasteiger partial charge in [0.1, 0.15) is 5.75 Å². The first-order chi connectivity index (χ1) is 11.4. The molecule has 132 valence electrons.